The molecule has 0 unspecified atom stereocenters. The molecule has 0 radical (unpaired) electrons. The van der Waals surface area contributed by atoms with Gasteiger partial charge < -0.3 is 15.0 Å². The van der Waals surface area contributed by atoms with Crippen molar-refractivity contribution in [2.45, 2.75) is 19.3 Å². The van der Waals surface area contributed by atoms with Crippen molar-refractivity contribution in [1.29, 1.82) is 0 Å². The van der Waals surface area contributed by atoms with E-state index in [1.807, 2.05) is 30.3 Å². The molecular weight excluding hydrogens is 316 g/mol. The first kappa shape index (κ1) is 15.7. The zero-order valence-corrected chi connectivity index (χ0v) is 14.4. The summed E-state index contributed by atoms with van der Waals surface area (Å²) in [6, 6.07) is 9.59. The first-order chi connectivity index (χ1) is 12.2. The topological polar surface area (TPSA) is 57.7 Å². The van der Waals surface area contributed by atoms with Gasteiger partial charge in [-0.15, -0.1) is 0 Å². The molecule has 0 aliphatic carbocycles. The quantitative estimate of drug-likeness (QED) is 0.933. The number of carbonyl (C=O) groups excluding carboxylic acids is 1. The van der Waals surface area contributed by atoms with Crippen LogP contribution in [0.15, 0.2) is 36.5 Å². The van der Waals surface area contributed by atoms with E-state index in [9.17, 15) is 4.79 Å². The first-order valence-electron chi connectivity index (χ1n) is 8.71. The third kappa shape index (κ3) is 3.12. The second kappa shape index (κ2) is 6.63. The molecule has 1 fully saturated rings. The van der Waals surface area contributed by atoms with Gasteiger partial charge in [-0.3, -0.25) is 4.90 Å². The summed E-state index contributed by atoms with van der Waals surface area (Å²) in [6.45, 7) is 2.80. The molecule has 1 N–H and O–H groups in total. The molecule has 1 saturated heterocycles. The minimum absolute atomic E-state index is 0.125. The highest BCUT2D eigenvalue weighted by Gasteiger charge is 2.25. The zero-order valence-electron chi connectivity index (χ0n) is 14.4. The highest BCUT2D eigenvalue weighted by Crippen LogP contribution is 2.31. The standard InChI is InChI=1S/C19H22N4O2/c1-25-16-5-6-17-14(12-16)8-11-23(17)19(24)21-15-4-7-18(20-13-15)22-9-2-3-10-22/h4-7,12-13H,2-3,8-11H2,1H3,(H,21,24). The van der Waals surface area contributed by atoms with Crippen LogP contribution >= 0.6 is 0 Å². The average molecular weight is 338 g/mol. The summed E-state index contributed by atoms with van der Waals surface area (Å²) < 4.78 is 5.25. The van der Waals surface area contributed by atoms with Gasteiger partial charge in [-0.2, -0.15) is 0 Å². The molecule has 2 aromatic rings. The number of ether oxygens (including phenoxy) is 1. The molecule has 4 rings (SSSR count). The van der Waals surface area contributed by atoms with E-state index in [0.29, 0.717) is 6.54 Å². The number of methoxy groups -OCH3 is 1. The van der Waals surface area contributed by atoms with Crippen LogP contribution in [0.3, 0.4) is 0 Å². The summed E-state index contributed by atoms with van der Waals surface area (Å²) >= 11 is 0. The molecule has 2 aliphatic rings. The lowest BCUT2D eigenvalue weighted by Crippen LogP contribution is -2.33. The summed E-state index contributed by atoms with van der Waals surface area (Å²) in [6.07, 6.45) is 5.02. The maximum atomic E-state index is 12.6. The Morgan fingerprint density at radius 2 is 2.00 bits per heavy atom. The maximum Gasteiger partial charge on any atom is 0.326 e. The molecule has 130 valence electrons. The lowest BCUT2D eigenvalue weighted by atomic mass is 10.1. The van der Waals surface area contributed by atoms with E-state index < -0.39 is 0 Å². The Kier molecular flexibility index (Phi) is 4.17. The van der Waals surface area contributed by atoms with Gasteiger partial charge in [0.1, 0.15) is 11.6 Å². The van der Waals surface area contributed by atoms with E-state index in [1.54, 1.807) is 18.2 Å². The Morgan fingerprint density at radius 1 is 1.16 bits per heavy atom. The number of pyridine rings is 1. The number of rotatable bonds is 3. The molecule has 3 heterocycles. The van der Waals surface area contributed by atoms with Crippen LogP contribution in [0.5, 0.6) is 5.75 Å². The van der Waals surface area contributed by atoms with Crippen molar-refractivity contribution in [3.63, 3.8) is 0 Å². The van der Waals surface area contributed by atoms with Crippen molar-refractivity contribution < 1.29 is 9.53 Å². The van der Waals surface area contributed by atoms with E-state index in [4.69, 9.17) is 4.74 Å². The molecular formula is C19H22N4O2. The Balaban J connectivity index is 1.44. The average Bonchev–Trinajstić information content (AvgIpc) is 3.31. The van der Waals surface area contributed by atoms with E-state index in [-0.39, 0.29) is 6.03 Å². The highest BCUT2D eigenvalue weighted by atomic mass is 16.5. The largest absolute Gasteiger partial charge is 0.497 e. The van der Waals surface area contributed by atoms with Crippen LogP contribution < -0.4 is 19.9 Å². The molecule has 0 spiro atoms. The monoisotopic (exact) mass is 338 g/mol. The third-order valence-corrected chi connectivity index (χ3v) is 4.86. The van der Waals surface area contributed by atoms with Crippen LogP contribution in [0.1, 0.15) is 18.4 Å². The normalized spacial score (nSPS) is 16.0. The Bertz CT molecular complexity index is 769. The molecule has 0 bridgehead atoms. The van der Waals surface area contributed by atoms with Gasteiger partial charge in [0.25, 0.3) is 0 Å². The van der Waals surface area contributed by atoms with Crippen LogP contribution in [-0.2, 0) is 6.42 Å². The number of hydrogen-bond acceptors (Lipinski definition) is 4. The Labute approximate surface area is 147 Å². The Morgan fingerprint density at radius 3 is 2.72 bits per heavy atom. The number of urea groups is 1. The number of nitrogens with zero attached hydrogens (tertiary/aromatic N) is 3. The van der Waals surface area contributed by atoms with Crippen LogP contribution in [0.2, 0.25) is 0 Å². The summed E-state index contributed by atoms with van der Waals surface area (Å²) in [5.74, 6) is 1.80. The number of hydrogen-bond donors (Lipinski definition) is 1. The molecule has 0 atom stereocenters. The van der Waals surface area contributed by atoms with Crippen molar-refractivity contribution in [3.8, 4) is 5.75 Å². The fourth-order valence-electron chi connectivity index (χ4n) is 3.50. The molecule has 2 aliphatic heterocycles. The maximum absolute atomic E-state index is 12.6. The minimum atomic E-state index is -0.125. The van der Waals surface area contributed by atoms with Gasteiger partial charge in [-0.25, -0.2) is 9.78 Å². The predicted molar refractivity (Wildman–Crippen MR) is 98.7 cm³/mol. The number of carbonyl (C=O) groups is 1. The van der Waals surface area contributed by atoms with Gasteiger partial charge in [0.15, 0.2) is 0 Å². The van der Waals surface area contributed by atoms with Gasteiger partial charge >= 0.3 is 6.03 Å². The van der Waals surface area contributed by atoms with E-state index in [0.717, 1.165) is 48.0 Å². The molecule has 1 aromatic carbocycles. The fraction of sp³-hybridized carbons (Fsp3) is 0.368. The van der Waals surface area contributed by atoms with Crippen molar-refractivity contribution in [1.82, 2.24) is 4.98 Å². The minimum Gasteiger partial charge on any atom is -0.497 e. The van der Waals surface area contributed by atoms with E-state index in [2.05, 4.69) is 15.2 Å². The van der Waals surface area contributed by atoms with Crippen LogP contribution in [0.4, 0.5) is 22.0 Å². The predicted octanol–water partition coefficient (Wildman–Crippen LogP) is 3.29. The number of benzene rings is 1. The summed E-state index contributed by atoms with van der Waals surface area (Å²) in [4.78, 5) is 21.1. The second-order valence-electron chi connectivity index (χ2n) is 6.43. The molecule has 25 heavy (non-hydrogen) atoms. The van der Waals surface area contributed by atoms with Gasteiger partial charge in [0.05, 0.1) is 19.0 Å². The number of amides is 2. The van der Waals surface area contributed by atoms with Crippen LogP contribution in [0, 0.1) is 0 Å². The highest BCUT2D eigenvalue weighted by molar-refractivity contribution is 6.03. The van der Waals surface area contributed by atoms with E-state index >= 15 is 0 Å². The lowest BCUT2D eigenvalue weighted by Gasteiger charge is -2.19. The SMILES string of the molecule is COc1ccc2c(c1)CCN2C(=O)Nc1ccc(N2CCCC2)nc1. The molecule has 1 aromatic heterocycles. The Hall–Kier alpha value is -2.76. The summed E-state index contributed by atoms with van der Waals surface area (Å²) in [5, 5.41) is 2.95. The van der Waals surface area contributed by atoms with Gasteiger partial charge in [0.2, 0.25) is 0 Å². The van der Waals surface area contributed by atoms with Crippen molar-refractivity contribution in [2.24, 2.45) is 0 Å². The number of anilines is 3. The molecule has 6 nitrogen and oxygen atoms in total. The van der Waals surface area contributed by atoms with Gasteiger partial charge in [-0.1, -0.05) is 0 Å². The molecule has 0 saturated carbocycles. The smallest absolute Gasteiger partial charge is 0.326 e. The third-order valence-electron chi connectivity index (χ3n) is 4.86. The van der Waals surface area contributed by atoms with Crippen molar-refractivity contribution >= 4 is 23.2 Å². The fourth-order valence-corrected chi connectivity index (χ4v) is 3.50. The van der Waals surface area contributed by atoms with Crippen LogP contribution in [0.25, 0.3) is 0 Å². The first-order valence-corrected chi connectivity index (χ1v) is 8.71. The molecule has 2 amide bonds. The van der Waals surface area contributed by atoms with Gasteiger partial charge in [-0.05, 0) is 55.2 Å². The second-order valence-corrected chi connectivity index (χ2v) is 6.43. The number of aromatic nitrogens is 1. The zero-order chi connectivity index (χ0) is 17.2. The van der Waals surface area contributed by atoms with E-state index in [1.165, 1.54) is 12.8 Å². The van der Waals surface area contributed by atoms with Crippen molar-refractivity contribution in [3.05, 3.63) is 42.1 Å². The number of nitrogens with one attached hydrogen (secondary N) is 1. The molecule has 6 heteroatoms. The van der Waals surface area contributed by atoms with Crippen LogP contribution in [-0.4, -0.2) is 37.8 Å². The summed E-state index contributed by atoms with van der Waals surface area (Å²) in [5.41, 5.74) is 2.80. The lowest BCUT2D eigenvalue weighted by molar-refractivity contribution is 0.257. The summed E-state index contributed by atoms with van der Waals surface area (Å²) in [7, 11) is 1.65. The van der Waals surface area contributed by atoms with Gasteiger partial charge in [0, 0.05) is 25.3 Å². The number of fused-ring (bicyclic) bond motifs is 1. The van der Waals surface area contributed by atoms with Crippen molar-refractivity contribution in [2.75, 3.05) is 41.9 Å².